The zero-order chi connectivity index (χ0) is 14.5. The van der Waals surface area contributed by atoms with Gasteiger partial charge in [-0.1, -0.05) is 15.9 Å². The van der Waals surface area contributed by atoms with Crippen LogP contribution in [-0.4, -0.2) is 12.2 Å². The number of methoxy groups -OCH3 is 1. The third-order valence-electron chi connectivity index (χ3n) is 2.83. The van der Waals surface area contributed by atoms with Crippen molar-refractivity contribution in [2.24, 2.45) is 0 Å². The highest BCUT2D eigenvalue weighted by Gasteiger charge is 2.07. The lowest BCUT2D eigenvalue weighted by molar-refractivity contribution is 0.257. The van der Waals surface area contributed by atoms with Crippen molar-refractivity contribution >= 4 is 15.9 Å². The normalized spacial score (nSPS) is 10.4. The zero-order valence-corrected chi connectivity index (χ0v) is 12.5. The summed E-state index contributed by atoms with van der Waals surface area (Å²) in [7, 11) is 1.59. The Bertz CT molecular complexity index is 602. The molecule has 0 heterocycles. The monoisotopic (exact) mass is 340 g/mol. The van der Waals surface area contributed by atoms with Gasteiger partial charge in [-0.2, -0.15) is 0 Å². The number of aliphatic hydroxyl groups is 1. The average Bonchev–Trinajstić information content (AvgIpc) is 2.47. The van der Waals surface area contributed by atoms with Crippen molar-refractivity contribution < 1.29 is 19.0 Å². The lowest BCUT2D eigenvalue weighted by Gasteiger charge is -2.12. The SMILES string of the molecule is COc1ccc(Br)c(COc2ccc(F)cc2CO)c1. The molecule has 20 heavy (non-hydrogen) atoms. The van der Waals surface area contributed by atoms with Crippen LogP contribution < -0.4 is 9.47 Å². The van der Waals surface area contributed by atoms with Crippen LogP contribution in [0.5, 0.6) is 11.5 Å². The fraction of sp³-hybridized carbons (Fsp3) is 0.200. The highest BCUT2D eigenvalue weighted by atomic mass is 79.9. The average molecular weight is 341 g/mol. The molecule has 0 amide bonds. The Hall–Kier alpha value is -1.59. The van der Waals surface area contributed by atoms with Gasteiger partial charge < -0.3 is 14.6 Å². The van der Waals surface area contributed by atoms with E-state index in [-0.39, 0.29) is 13.2 Å². The van der Waals surface area contributed by atoms with Crippen LogP contribution in [0.1, 0.15) is 11.1 Å². The fourth-order valence-electron chi connectivity index (χ4n) is 1.76. The Balaban J connectivity index is 2.16. The molecule has 106 valence electrons. The summed E-state index contributed by atoms with van der Waals surface area (Å²) in [6, 6.07) is 9.63. The number of aliphatic hydroxyl groups excluding tert-OH is 1. The summed E-state index contributed by atoms with van der Waals surface area (Å²) < 4.78 is 24.8. The minimum atomic E-state index is -0.399. The fourth-order valence-corrected chi connectivity index (χ4v) is 2.12. The largest absolute Gasteiger partial charge is 0.497 e. The van der Waals surface area contributed by atoms with E-state index in [0.717, 1.165) is 15.8 Å². The summed E-state index contributed by atoms with van der Waals surface area (Å²) in [5.41, 5.74) is 1.32. The molecular formula is C15H14BrFO3. The predicted molar refractivity (Wildman–Crippen MR) is 77.3 cm³/mol. The van der Waals surface area contributed by atoms with Gasteiger partial charge in [0.05, 0.1) is 13.7 Å². The van der Waals surface area contributed by atoms with Gasteiger partial charge >= 0.3 is 0 Å². The molecule has 0 aliphatic heterocycles. The number of halogens is 2. The quantitative estimate of drug-likeness (QED) is 0.902. The van der Waals surface area contributed by atoms with Crippen molar-refractivity contribution in [3.8, 4) is 11.5 Å². The van der Waals surface area contributed by atoms with Gasteiger partial charge in [0.2, 0.25) is 0 Å². The predicted octanol–water partition coefficient (Wildman–Crippen LogP) is 3.67. The molecule has 0 saturated carbocycles. The Kier molecular flexibility index (Phi) is 4.98. The maximum absolute atomic E-state index is 13.1. The van der Waals surface area contributed by atoms with Gasteiger partial charge in [0.25, 0.3) is 0 Å². The highest BCUT2D eigenvalue weighted by Crippen LogP contribution is 2.26. The molecule has 2 aromatic carbocycles. The molecule has 0 unspecified atom stereocenters. The number of hydrogen-bond donors (Lipinski definition) is 1. The van der Waals surface area contributed by atoms with E-state index in [2.05, 4.69) is 15.9 Å². The molecule has 0 saturated heterocycles. The molecule has 2 rings (SSSR count). The van der Waals surface area contributed by atoms with Crippen LogP contribution in [0.3, 0.4) is 0 Å². The third-order valence-corrected chi connectivity index (χ3v) is 3.60. The van der Waals surface area contributed by atoms with E-state index in [9.17, 15) is 9.50 Å². The smallest absolute Gasteiger partial charge is 0.125 e. The highest BCUT2D eigenvalue weighted by molar-refractivity contribution is 9.10. The second-order valence-corrected chi connectivity index (χ2v) is 5.01. The van der Waals surface area contributed by atoms with E-state index in [1.807, 2.05) is 18.2 Å². The summed E-state index contributed by atoms with van der Waals surface area (Å²) in [4.78, 5) is 0. The van der Waals surface area contributed by atoms with Crippen molar-refractivity contribution in [3.63, 3.8) is 0 Å². The van der Waals surface area contributed by atoms with Crippen molar-refractivity contribution in [3.05, 3.63) is 57.8 Å². The molecule has 0 aliphatic carbocycles. The minimum Gasteiger partial charge on any atom is -0.497 e. The van der Waals surface area contributed by atoms with Crippen LogP contribution in [0, 0.1) is 5.82 Å². The summed E-state index contributed by atoms with van der Waals surface area (Å²) in [6.45, 7) is 0.0167. The molecule has 0 atom stereocenters. The zero-order valence-electron chi connectivity index (χ0n) is 10.9. The lowest BCUT2D eigenvalue weighted by Crippen LogP contribution is -2.00. The van der Waals surface area contributed by atoms with E-state index in [1.54, 1.807) is 7.11 Å². The maximum Gasteiger partial charge on any atom is 0.125 e. The van der Waals surface area contributed by atoms with Crippen molar-refractivity contribution in [1.29, 1.82) is 0 Å². The van der Waals surface area contributed by atoms with E-state index in [4.69, 9.17) is 9.47 Å². The van der Waals surface area contributed by atoms with Gasteiger partial charge in [-0.15, -0.1) is 0 Å². The Morgan fingerprint density at radius 3 is 2.65 bits per heavy atom. The first-order valence-electron chi connectivity index (χ1n) is 5.98. The van der Waals surface area contributed by atoms with Crippen LogP contribution >= 0.6 is 15.9 Å². The van der Waals surface area contributed by atoms with Crippen LogP contribution in [0.2, 0.25) is 0 Å². The molecule has 5 heteroatoms. The number of ether oxygens (including phenoxy) is 2. The lowest BCUT2D eigenvalue weighted by atomic mass is 10.2. The topological polar surface area (TPSA) is 38.7 Å². The molecule has 0 aromatic heterocycles. The molecule has 0 bridgehead atoms. The molecule has 3 nitrogen and oxygen atoms in total. The first kappa shape index (κ1) is 14.8. The van der Waals surface area contributed by atoms with Crippen LogP contribution in [-0.2, 0) is 13.2 Å². The molecule has 2 aromatic rings. The van der Waals surface area contributed by atoms with Crippen molar-refractivity contribution in [1.82, 2.24) is 0 Å². The van der Waals surface area contributed by atoms with Crippen molar-refractivity contribution in [2.75, 3.05) is 7.11 Å². The Morgan fingerprint density at radius 2 is 1.95 bits per heavy atom. The molecule has 0 aliphatic rings. The molecule has 0 fully saturated rings. The van der Waals surface area contributed by atoms with Gasteiger partial charge in [-0.25, -0.2) is 4.39 Å². The first-order valence-corrected chi connectivity index (χ1v) is 6.78. The van der Waals surface area contributed by atoms with E-state index < -0.39 is 5.82 Å². The molecule has 0 radical (unpaired) electrons. The molecular weight excluding hydrogens is 327 g/mol. The van der Waals surface area contributed by atoms with E-state index in [0.29, 0.717) is 11.3 Å². The Labute approximate surface area is 125 Å². The van der Waals surface area contributed by atoms with Crippen LogP contribution in [0.4, 0.5) is 4.39 Å². The summed E-state index contributed by atoms with van der Waals surface area (Å²) in [5, 5.41) is 9.20. The summed E-state index contributed by atoms with van der Waals surface area (Å²) in [6.07, 6.45) is 0. The molecule has 0 spiro atoms. The van der Waals surface area contributed by atoms with Crippen LogP contribution in [0.25, 0.3) is 0 Å². The second-order valence-electron chi connectivity index (χ2n) is 4.16. The minimum absolute atomic E-state index is 0.271. The van der Waals surface area contributed by atoms with Crippen molar-refractivity contribution in [2.45, 2.75) is 13.2 Å². The van der Waals surface area contributed by atoms with E-state index in [1.165, 1.54) is 18.2 Å². The van der Waals surface area contributed by atoms with Crippen LogP contribution in [0.15, 0.2) is 40.9 Å². The van der Waals surface area contributed by atoms with Gasteiger partial charge in [-0.05, 0) is 36.4 Å². The maximum atomic E-state index is 13.1. The van der Waals surface area contributed by atoms with Gasteiger partial charge in [-0.3, -0.25) is 0 Å². The van der Waals surface area contributed by atoms with Gasteiger partial charge in [0, 0.05) is 15.6 Å². The Morgan fingerprint density at radius 1 is 1.15 bits per heavy atom. The second kappa shape index (κ2) is 6.72. The summed E-state index contributed by atoms with van der Waals surface area (Å²) in [5.74, 6) is 0.792. The first-order chi connectivity index (χ1) is 9.63. The van der Waals surface area contributed by atoms with Gasteiger partial charge in [0.1, 0.15) is 23.9 Å². The standard InChI is InChI=1S/C15H14BrFO3/c1-19-13-3-4-14(16)11(7-13)9-20-15-5-2-12(17)6-10(15)8-18/h2-7,18H,8-9H2,1H3. The number of hydrogen-bond acceptors (Lipinski definition) is 3. The number of benzene rings is 2. The molecule has 1 N–H and O–H groups in total. The summed E-state index contributed by atoms with van der Waals surface area (Å²) >= 11 is 3.44. The van der Waals surface area contributed by atoms with Gasteiger partial charge in [0.15, 0.2) is 0 Å². The van der Waals surface area contributed by atoms with E-state index >= 15 is 0 Å². The third kappa shape index (κ3) is 3.49. The number of rotatable bonds is 5.